The Balaban J connectivity index is 1.43. The molecule has 1 saturated heterocycles. The van der Waals surface area contributed by atoms with Crippen molar-refractivity contribution in [1.29, 1.82) is 5.26 Å². The van der Waals surface area contributed by atoms with Crippen LogP contribution >= 0.6 is 0 Å². The van der Waals surface area contributed by atoms with Gasteiger partial charge in [0.15, 0.2) is 0 Å². The Kier molecular flexibility index (Phi) is 7.76. The Hall–Kier alpha value is -3.73. The van der Waals surface area contributed by atoms with Crippen LogP contribution in [0.2, 0.25) is 0 Å². The van der Waals surface area contributed by atoms with Gasteiger partial charge in [-0.3, -0.25) is 4.79 Å². The van der Waals surface area contributed by atoms with Crippen molar-refractivity contribution < 1.29 is 9.53 Å². The highest BCUT2D eigenvalue weighted by molar-refractivity contribution is 5.99. The number of carbonyl (C=O) groups excluding carboxylic acids is 1. The molecule has 1 aromatic heterocycles. The molecule has 7 heteroatoms. The van der Waals surface area contributed by atoms with E-state index in [0.717, 1.165) is 28.7 Å². The number of aromatic nitrogens is 1. The van der Waals surface area contributed by atoms with Crippen molar-refractivity contribution >= 4 is 11.7 Å². The van der Waals surface area contributed by atoms with Crippen molar-refractivity contribution in [1.82, 2.24) is 15.6 Å². The number of anilines is 1. The minimum atomic E-state index is -0.274. The monoisotopic (exact) mass is 469 g/mol. The summed E-state index contributed by atoms with van der Waals surface area (Å²) in [7, 11) is 0. The third-order valence-corrected chi connectivity index (χ3v) is 6.47. The van der Waals surface area contributed by atoms with Gasteiger partial charge in [-0.05, 0) is 47.2 Å². The van der Waals surface area contributed by atoms with Gasteiger partial charge in [-0.2, -0.15) is 5.26 Å². The van der Waals surface area contributed by atoms with Crippen LogP contribution in [-0.4, -0.2) is 36.1 Å². The summed E-state index contributed by atoms with van der Waals surface area (Å²) in [5.74, 6) is -0.0913. The predicted molar refractivity (Wildman–Crippen MR) is 137 cm³/mol. The molecular weight excluding hydrogens is 438 g/mol. The number of nitrogen functional groups attached to an aromatic ring is 1. The minimum absolute atomic E-state index is 0.143. The summed E-state index contributed by atoms with van der Waals surface area (Å²) in [5.41, 5.74) is 12.8. The van der Waals surface area contributed by atoms with Crippen LogP contribution in [0.25, 0.3) is 11.1 Å². The molecule has 1 aliphatic heterocycles. The predicted octanol–water partition coefficient (Wildman–Crippen LogP) is 3.55. The lowest BCUT2D eigenvalue weighted by Crippen LogP contribution is -2.44. The van der Waals surface area contributed by atoms with Crippen LogP contribution in [0.1, 0.15) is 39.5 Å². The molecule has 35 heavy (non-hydrogen) atoms. The Morgan fingerprint density at radius 2 is 1.94 bits per heavy atom. The maximum atomic E-state index is 13.1. The Morgan fingerprint density at radius 3 is 2.69 bits per heavy atom. The molecule has 7 nitrogen and oxygen atoms in total. The van der Waals surface area contributed by atoms with Crippen molar-refractivity contribution in [3.63, 3.8) is 0 Å². The Morgan fingerprint density at radius 1 is 1.17 bits per heavy atom. The smallest absolute Gasteiger partial charge is 0.255 e. The zero-order chi connectivity index (χ0) is 24.8. The standard InChI is InChI=1S/C28H31N5O2/c1-3-21-12-20(5-4-18(21)2)17-35-26-16-31-15-25(26)33-28(34)24-13-23(14-32-27(24)30)22-8-6-19(7-9-22)10-11-29/h4-9,12-14,25-26,31H,3,10,15-17H2,1-2H3,(H2,30,32)(H,33,34)/t25-,26-/m0/s1. The van der Waals surface area contributed by atoms with Crippen LogP contribution in [0, 0.1) is 18.3 Å². The molecule has 0 bridgehead atoms. The molecule has 3 aromatic rings. The van der Waals surface area contributed by atoms with E-state index in [9.17, 15) is 4.79 Å². The number of aryl methyl sites for hydroxylation is 2. The molecule has 0 spiro atoms. The lowest BCUT2D eigenvalue weighted by Gasteiger charge is -2.21. The van der Waals surface area contributed by atoms with Gasteiger partial charge in [-0.25, -0.2) is 4.98 Å². The first-order valence-corrected chi connectivity index (χ1v) is 11.9. The van der Waals surface area contributed by atoms with Gasteiger partial charge in [0.05, 0.1) is 36.8 Å². The van der Waals surface area contributed by atoms with Gasteiger partial charge in [0, 0.05) is 24.8 Å². The maximum absolute atomic E-state index is 13.1. The van der Waals surface area contributed by atoms with E-state index in [1.807, 2.05) is 24.3 Å². The average Bonchev–Trinajstić information content (AvgIpc) is 3.31. The third kappa shape index (κ3) is 5.86. The first-order valence-electron chi connectivity index (χ1n) is 11.9. The summed E-state index contributed by atoms with van der Waals surface area (Å²) in [6.45, 7) is 6.05. The van der Waals surface area contributed by atoms with E-state index in [1.54, 1.807) is 12.3 Å². The molecule has 0 saturated carbocycles. The van der Waals surface area contributed by atoms with Crippen LogP contribution in [0.15, 0.2) is 54.7 Å². The van der Waals surface area contributed by atoms with Crippen molar-refractivity contribution in [3.8, 4) is 17.2 Å². The average molecular weight is 470 g/mol. The first-order chi connectivity index (χ1) is 17.0. The summed E-state index contributed by atoms with van der Waals surface area (Å²) in [6.07, 6.45) is 2.86. The molecule has 0 unspecified atom stereocenters. The third-order valence-electron chi connectivity index (χ3n) is 6.47. The molecule has 2 aromatic carbocycles. The molecule has 4 rings (SSSR count). The molecular formula is C28H31N5O2. The van der Waals surface area contributed by atoms with Gasteiger partial charge >= 0.3 is 0 Å². The summed E-state index contributed by atoms with van der Waals surface area (Å²) in [6, 6.07) is 17.8. The number of nitrogens with zero attached hydrogens (tertiary/aromatic N) is 2. The van der Waals surface area contributed by atoms with Crippen LogP contribution < -0.4 is 16.4 Å². The molecule has 0 radical (unpaired) electrons. The summed E-state index contributed by atoms with van der Waals surface area (Å²) < 4.78 is 6.19. The second-order valence-corrected chi connectivity index (χ2v) is 8.89. The number of carbonyl (C=O) groups is 1. The highest BCUT2D eigenvalue weighted by Gasteiger charge is 2.30. The van der Waals surface area contributed by atoms with Crippen LogP contribution in [-0.2, 0) is 24.2 Å². The first kappa shape index (κ1) is 24.4. The van der Waals surface area contributed by atoms with Gasteiger partial charge in [0.25, 0.3) is 5.91 Å². The molecule has 0 aliphatic carbocycles. The Bertz CT molecular complexity index is 1230. The van der Waals surface area contributed by atoms with Gasteiger partial charge in [-0.15, -0.1) is 0 Å². The lowest BCUT2D eigenvalue weighted by atomic mass is 10.0. The van der Waals surface area contributed by atoms with E-state index in [1.165, 1.54) is 11.1 Å². The maximum Gasteiger partial charge on any atom is 0.255 e. The van der Waals surface area contributed by atoms with Gasteiger partial charge in [0.2, 0.25) is 0 Å². The number of nitriles is 1. The van der Waals surface area contributed by atoms with E-state index < -0.39 is 0 Å². The molecule has 180 valence electrons. The minimum Gasteiger partial charge on any atom is -0.383 e. The number of nitrogens with two attached hydrogens (primary N) is 1. The summed E-state index contributed by atoms with van der Waals surface area (Å²) in [5, 5.41) is 15.2. The number of rotatable bonds is 8. The molecule has 1 amide bonds. The van der Waals surface area contributed by atoms with Gasteiger partial charge in [0.1, 0.15) is 5.82 Å². The fourth-order valence-corrected chi connectivity index (χ4v) is 4.34. The van der Waals surface area contributed by atoms with E-state index in [2.05, 4.69) is 53.7 Å². The summed E-state index contributed by atoms with van der Waals surface area (Å²) >= 11 is 0. The summed E-state index contributed by atoms with van der Waals surface area (Å²) in [4.78, 5) is 17.4. The molecule has 2 atom stereocenters. The van der Waals surface area contributed by atoms with Gasteiger partial charge in [-0.1, -0.05) is 49.4 Å². The van der Waals surface area contributed by atoms with Crippen molar-refractivity contribution in [2.24, 2.45) is 0 Å². The van der Waals surface area contributed by atoms with Gasteiger partial charge < -0.3 is 21.1 Å². The zero-order valence-electron chi connectivity index (χ0n) is 20.2. The number of hydrogen-bond donors (Lipinski definition) is 3. The SMILES string of the molecule is CCc1cc(CO[C@H]2CNC[C@@H]2NC(=O)c2cc(-c3ccc(CC#N)cc3)cnc2N)ccc1C. The molecule has 2 heterocycles. The van der Waals surface area contributed by atoms with E-state index in [4.69, 9.17) is 15.7 Å². The second kappa shape index (κ2) is 11.1. The van der Waals surface area contributed by atoms with Crippen LogP contribution in [0.4, 0.5) is 5.82 Å². The number of ether oxygens (including phenoxy) is 1. The van der Waals surface area contributed by atoms with E-state index >= 15 is 0 Å². The number of nitrogens with one attached hydrogen (secondary N) is 2. The second-order valence-electron chi connectivity index (χ2n) is 8.89. The van der Waals surface area contributed by atoms with Crippen LogP contribution in [0.5, 0.6) is 0 Å². The van der Waals surface area contributed by atoms with Crippen LogP contribution in [0.3, 0.4) is 0 Å². The van der Waals surface area contributed by atoms with E-state index in [0.29, 0.717) is 31.7 Å². The molecule has 1 aliphatic rings. The fraction of sp³-hybridized carbons (Fsp3) is 0.321. The van der Waals surface area contributed by atoms with E-state index in [-0.39, 0.29) is 23.9 Å². The number of hydrogen-bond acceptors (Lipinski definition) is 6. The quantitative estimate of drug-likeness (QED) is 0.465. The highest BCUT2D eigenvalue weighted by Crippen LogP contribution is 2.23. The number of benzene rings is 2. The molecule has 4 N–H and O–H groups in total. The molecule has 1 fully saturated rings. The largest absolute Gasteiger partial charge is 0.383 e. The highest BCUT2D eigenvalue weighted by atomic mass is 16.5. The topological polar surface area (TPSA) is 113 Å². The Labute approximate surface area is 206 Å². The fourth-order valence-electron chi connectivity index (χ4n) is 4.34. The van der Waals surface area contributed by atoms with Crippen molar-refractivity contribution in [2.45, 2.75) is 45.4 Å². The lowest BCUT2D eigenvalue weighted by molar-refractivity contribution is 0.0357. The normalized spacial score (nSPS) is 17.2. The number of amides is 1. The van der Waals surface area contributed by atoms with Crippen molar-refractivity contribution in [3.05, 3.63) is 82.5 Å². The number of pyridine rings is 1. The van der Waals surface area contributed by atoms with Crippen molar-refractivity contribution in [2.75, 3.05) is 18.8 Å². The zero-order valence-corrected chi connectivity index (χ0v) is 20.2.